The molecule has 0 radical (unpaired) electrons. The van der Waals surface area contributed by atoms with E-state index in [2.05, 4.69) is 32.2 Å². The number of carbonyl (C=O) groups excluding carboxylic acids is 1. The lowest BCUT2D eigenvalue weighted by molar-refractivity contribution is -0.148. The molecule has 0 bridgehead atoms. The van der Waals surface area contributed by atoms with E-state index in [0.717, 1.165) is 55.9 Å². The second kappa shape index (κ2) is 8.45. The molecule has 0 saturated heterocycles. The van der Waals surface area contributed by atoms with Crippen LogP contribution in [0.5, 0.6) is 5.88 Å². The molecule has 0 amide bonds. The van der Waals surface area contributed by atoms with Gasteiger partial charge >= 0.3 is 5.97 Å². The third-order valence-corrected chi connectivity index (χ3v) is 10.6. The van der Waals surface area contributed by atoms with E-state index in [0.29, 0.717) is 16.7 Å². The van der Waals surface area contributed by atoms with E-state index in [-0.39, 0.29) is 12.1 Å². The summed E-state index contributed by atoms with van der Waals surface area (Å²) in [5.74, 6) is 3.62. The summed E-state index contributed by atoms with van der Waals surface area (Å²) >= 11 is 1.81. The lowest BCUT2D eigenvalue weighted by Crippen LogP contribution is -2.50. The molecule has 2 unspecified atom stereocenters. The minimum Gasteiger partial charge on any atom is -0.477 e. The van der Waals surface area contributed by atoms with Crippen molar-refractivity contribution in [1.29, 1.82) is 0 Å². The van der Waals surface area contributed by atoms with Crippen LogP contribution in [0.4, 0.5) is 0 Å². The van der Waals surface area contributed by atoms with Crippen LogP contribution in [0.15, 0.2) is 17.0 Å². The maximum absolute atomic E-state index is 11.5. The highest BCUT2D eigenvalue weighted by atomic mass is 32.1. The van der Waals surface area contributed by atoms with Crippen LogP contribution in [0.3, 0.4) is 0 Å². The fraction of sp³-hybridized carbons (Fsp3) is 0.778. The molecule has 32 heavy (non-hydrogen) atoms. The van der Waals surface area contributed by atoms with E-state index in [1.165, 1.54) is 37.1 Å². The van der Waals surface area contributed by atoms with Crippen molar-refractivity contribution in [2.45, 2.75) is 97.5 Å². The first-order valence-electron chi connectivity index (χ1n) is 12.8. The van der Waals surface area contributed by atoms with Gasteiger partial charge in [-0.25, -0.2) is 4.98 Å². The van der Waals surface area contributed by atoms with E-state index >= 15 is 0 Å². The van der Waals surface area contributed by atoms with Crippen molar-refractivity contribution in [1.82, 2.24) is 4.98 Å². The highest BCUT2D eigenvalue weighted by molar-refractivity contribution is 7.09. The molecule has 7 atom stereocenters. The molecule has 0 aliphatic heterocycles. The SMILES string of the molecule is CCCOc1csc([C@H]2CCC3[C@@H]4CC=C5C[C@@H](OC(C)=O)CC[C@]5(C)C4CC[C@@]32C)n1. The Balaban J connectivity index is 1.35. The third kappa shape index (κ3) is 3.63. The molecule has 1 aromatic rings. The summed E-state index contributed by atoms with van der Waals surface area (Å²) in [4.78, 5) is 16.4. The van der Waals surface area contributed by atoms with Gasteiger partial charge in [0.2, 0.25) is 5.88 Å². The number of hydrogen-bond donors (Lipinski definition) is 0. The molecule has 5 rings (SSSR count). The molecule has 0 aromatic carbocycles. The van der Waals surface area contributed by atoms with Gasteiger partial charge in [0.25, 0.3) is 0 Å². The number of aromatic nitrogens is 1. The largest absolute Gasteiger partial charge is 0.477 e. The predicted octanol–water partition coefficient (Wildman–Crippen LogP) is 6.91. The van der Waals surface area contributed by atoms with Gasteiger partial charge in [0, 0.05) is 19.3 Å². The number of rotatable bonds is 5. The van der Waals surface area contributed by atoms with Crippen molar-refractivity contribution in [2.75, 3.05) is 6.61 Å². The highest BCUT2D eigenvalue weighted by Crippen LogP contribution is 2.68. The van der Waals surface area contributed by atoms with Gasteiger partial charge < -0.3 is 9.47 Å². The van der Waals surface area contributed by atoms with Gasteiger partial charge in [-0.15, -0.1) is 11.3 Å². The summed E-state index contributed by atoms with van der Waals surface area (Å²) in [6.07, 6.45) is 13.2. The maximum atomic E-state index is 11.5. The Morgan fingerprint density at radius 1 is 1.19 bits per heavy atom. The standard InChI is InChI=1S/C27H39NO3S/c1-5-14-30-24-16-32-25(28-24)23-9-8-21-20-7-6-18-15-19(31-17(2)29)10-12-26(18,3)22(20)11-13-27(21,23)4/h6,16,19-23H,5,7-15H2,1-4H3/t19-,20-,21?,22?,23+,26-,27-/m0/s1. The number of nitrogens with zero attached hydrogens (tertiary/aromatic N) is 1. The summed E-state index contributed by atoms with van der Waals surface area (Å²) in [5, 5.41) is 3.42. The van der Waals surface area contributed by atoms with Gasteiger partial charge in [-0.2, -0.15) is 0 Å². The minimum absolute atomic E-state index is 0.0853. The fourth-order valence-corrected chi connectivity index (χ4v) is 9.11. The highest BCUT2D eigenvalue weighted by Gasteiger charge is 2.59. The van der Waals surface area contributed by atoms with Crippen LogP contribution in [0.25, 0.3) is 0 Å². The number of thiazole rings is 1. The molecular weight excluding hydrogens is 418 g/mol. The predicted molar refractivity (Wildman–Crippen MR) is 128 cm³/mol. The normalized spacial score (nSPS) is 40.6. The van der Waals surface area contributed by atoms with Crippen LogP contribution >= 0.6 is 11.3 Å². The molecule has 176 valence electrons. The quantitative estimate of drug-likeness (QED) is 0.356. The van der Waals surface area contributed by atoms with Gasteiger partial charge in [0.1, 0.15) is 11.1 Å². The number of carbonyl (C=O) groups is 1. The molecule has 4 nitrogen and oxygen atoms in total. The average Bonchev–Trinajstić information content (AvgIpc) is 3.35. The van der Waals surface area contributed by atoms with Crippen molar-refractivity contribution in [2.24, 2.45) is 28.6 Å². The van der Waals surface area contributed by atoms with E-state index < -0.39 is 0 Å². The van der Waals surface area contributed by atoms with E-state index in [4.69, 9.17) is 14.5 Å². The molecule has 4 aliphatic carbocycles. The lowest BCUT2D eigenvalue weighted by Gasteiger charge is -2.58. The van der Waals surface area contributed by atoms with Gasteiger partial charge in [-0.3, -0.25) is 4.79 Å². The maximum Gasteiger partial charge on any atom is 0.302 e. The smallest absolute Gasteiger partial charge is 0.302 e. The topological polar surface area (TPSA) is 48.4 Å². The van der Waals surface area contributed by atoms with Crippen molar-refractivity contribution >= 4 is 17.3 Å². The fourth-order valence-electron chi connectivity index (χ4n) is 8.07. The summed E-state index contributed by atoms with van der Waals surface area (Å²) in [5.41, 5.74) is 2.23. The zero-order valence-corrected chi connectivity index (χ0v) is 21.0. The van der Waals surface area contributed by atoms with Crippen LogP contribution in [-0.4, -0.2) is 23.7 Å². The molecule has 1 heterocycles. The third-order valence-electron chi connectivity index (χ3n) is 9.64. The minimum atomic E-state index is -0.135. The Labute approximate surface area is 197 Å². The summed E-state index contributed by atoms with van der Waals surface area (Å²) in [7, 11) is 0. The van der Waals surface area contributed by atoms with E-state index in [1.54, 1.807) is 12.5 Å². The van der Waals surface area contributed by atoms with Crippen LogP contribution in [0, 0.1) is 28.6 Å². The number of ether oxygens (including phenoxy) is 2. The number of fused-ring (bicyclic) bond motifs is 5. The Hall–Kier alpha value is -1.36. The first kappa shape index (κ1) is 22.4. The van der Waals surface area contributed by atoms with E-state index in [1.807, 2.05) is 11.3 Å². The Morgan fingerprint density at radius 3 is 2.81 bits per heavy atom. The number of hydrogen-bond acceptors (Lipinski definition) is 5. The monoisotopic (exact) mass is 457 g/mol. The van der Waals surface area contributed by atoms with Crippen LogP contribution in [0.1, 0.15) is 96.4 Å². The first-order valence-corrected chi connectivity index (χ1v) is 13.7. The second-order valence-electron chi connectivity index (χ2n) is 11.3. The zero-order chi connectivity index (χ0) is 22.5. The number of allylic oxidation sites excluding steroid dienone is 1. The summed E-state index contributed by atoms with van der Waals surface area (Å²) < 4.78 is 11.4. The van der Waals surface area contributed by atoms with Gasteiger partial charge in [0.05, 0.1) is 12.0 Å². The summed E-state index contributed by atoms with van der Waals surface area (Å²) in [6, 6.07) is 0. The summed E-state index contributed by atoms with van der Waals surface area (Å²) in [6.45, 7) is 9.52. The molecular formula is C27H39NO3S. The molecule has 0 N–H and O–H groups in total. The molecule has 5 heteroatoms. The molecule has 3 fully saturated rings. The molecule has 3 saturated carbocycles. The Morgan fingerprint density at radius 2 is 2.03 bits per heavy atom. The van der Waals surface area contributed by atoms with Gasteiger partial charge in [0.15, 0.2) is 0 Å². The molecule has 0 spiro atoms. The molecule has 1 aromatic heterocycles. The lowest BCUT2D eigenvalue weighted by atomic mass is 9.47. The Bertz CT molecular complexity index is 893. The van der Waals surface area contributed by atoms with Gasteiger partial charge in [-0.05, 0) is 80.0 Å². The number of esters is 1. The van der Waals surface area contributed by atoms with Crippen molar-refractivity contribution in [3.63, 3.8) is 0 Å². The Kier molecular flexibility index (Phi) is 5.92. The van der Waals surface area contributed by atoms with Crippen molar-refractivity contribution < 1.29 is 14.3 Å². The second-order valence-corrected chi connectivity index (χ2v) is 12.2. The average molecular weight is 458 g/mol. The van der Waals surface area contributed by atoms with Crippen LogP contribution in [-0.2, 0) is 9.53 Å². The first-order chi connectivity index (χ1) is 15.3. The van der Waals surface area contributed by atoms with Crippen molar-refractivity contribution in [3.05, 3.63) is 22.0 Å². The van der Waals surface area contributed by atoms with Gasteiger partial charge in [-0.1, -0.05) is 32.4 Å². The zero-order valence-electron chi connectivity index (χ0n) is 20.2. The van der Waals surface area contributed by atoms with Crippen LogP contribution < -0.4 is 4.74 Å². The molecule has 4 aliphatic rings. The van der Waals surface area contributed by atoms with E-state index in [9.17, 15) is 4.79 Å². The van der Waals surface area contributed by atoms with Crippen LogP contribution in [0.2, 0.25) is 0 Å². The van der Waals surface area contributed by atoms with Crippen molar-refractivity contribution in [3.8, 4) is 5.88 Å².